The van der Waals surface area contributed by atoms with E-state index in [1.807, 2.05) is 24.3 Å². The topological polar surface area (TPSA) is 52.0 Å². The minimum absolute atomic E-state index is 0.758. The van der Waals surface area contributed by atoms with Crippen LogP contribution < -0.4 is 5.73 Å². The van der Waals surface area contributed by atoms with Gasteiger partial charge in [-0.25, -0.2) is 4.98 Å². The number of aromatic nitrogens is 1. The fourth-order valence-corrected chi connectivity index (χ4v) is 2.15. The molecular formula is C11H14N2OS. The molecule has 2 aromatic rings. The first-order valence-electron chi connectivity index (χ1n) is 5.08. The lowest BCUT2D eigenvalue weighted by Gasteiger charge is -1.94. The van der Waals surface area contributed by atoms with Crippen molar-refractivity contribution in [3.63, 3.8) is 0 Å². The van der Waals surface area contributed by atoms with Crippen molar-refractivity contribution in [2.45, 2.75) is 18.1 Å². The van der Waals surface area contributed by atoms with Gasteiger partial charge in [0.05, 0.1) is 0 Å². The van der Waals surface area contributed by atoms with E-state index >= 15 is 0 Å². The van der Waals surface area contributed by atoms with Crippen LogP contribution in [0.25, 0.3) is 11.1 Å². The molecule has 80 valence electrons. The first-order chi connectivity index (χ1) is 7.40. The smallest absolute Gasteiger partial charge is 0.256 e. The van der Waals surface area contributed by atoms with Crippen molar-refractivity contribution >= 4 is 22.9 Å². The number of unbranched alkanes of at least 4 members (excludes halogenated alkanes) is 1. The van der Waals surface area contributed by atoms with Crippen LogP contribution in [0.5, 0.6) is 0 Å². The number of hydrogen-bond acceptors (Lipinski definition) is 4. The second kappa shape index (κ2) is 5.19. The molecule has 0 fully saturated rings. The summed E-state index contributed by atoms with van der Waals surface area (Å²) in [6.07, 6.45) is 2.17. The maximum Gasteiger partial charge on any atom is 0.256 e. The third-order valence-electron chi connectivity index (χ3n) is 2.10. The van der Waals surface area contributed by atoms with E-state index in [2.05, 4.69) is 4.98 Å². The molecular weight excluding hydrogens is 208 g/mol. The Morgan fingerprint density at radius 3 is 2.93 bits per heavy atom. The molecule has 0 aliphatic carbocycles. The zero-order valence-corrected chi connectivity index (χ0v) is 9.30. The molecule has 0 bridgehead atoms. The summed E-state index contributed by atoms with van der Waals surface area (Å²) in [7, 11) is 0. The fraction of sp³-hybridized carbons (Fsp3) is 0.364. The maximum absolute atomic E-state index is 5.57. The normalized spacial score (nSPS) is 11.0. The molecule has 0 aliphatic heterocycles. The average Bonchev–Trinajstić information content (AvgIpc) is 2.67. The average molecular weight is 222 g/mol. The van der Waals surface area contributed by atoms with Gasteiger partial charge in [0.1, 0.15) is 5.52 Å². The van der Waals surface area contributed by atoms with Crippen molar-refractivity contribution in [1.82, 2.24) is 4.98 Å². The van der Waals surface area contributed by atoms with Crippen LogP contribution in [-0.2, 0) is 0 Å². The molecule has 0 saturated carbocycles. The van der Waals surface area contributed by atoms with E-state index in [4.69, 9.17) is 10.2 Å². The number of nitrogens with zero attached hydrogens (tertiary/aromatic N) is 1. The number of rotatable bonds is 5. The lowest BCUT2D eigenvalue weighted by Crippen LogP contribution is -1.98. The molecule has 0 aliphatic rings. The molecule has 0 spiro atoms. The van der Waals surface area contributed by atoms with Gasteiger partial charge in [-0.2, -0.15) is 0 Å². The lowest BCUT2D eigenvalue weighted by molar-refractivity contribution is 0.489. The summed E-state index contributed by atoms with van der Waals surface area (Å²) in [5.74, 6) is 1.02. The molecule has 1 heterocycles. The predicted molar refractivity (Wildman–Crippen MR) is 63.0 cm³/mol. The van der Waals surface area contributed by atoms with E-state index in [1.54, 1.807) is 11.8 Å². The molecule has 3 nitrogen and oxygen atoms in total. The summed E-state index contributed by atoms with van der Waals surface area (Å²) >= 11 is 1.65. The molecule has 2 N–H and O–H groups in total. The Hall–Kier alpha value is -1.00. The van der Waals surface area contributed by atoms with Crippen LogP contribution in [0, 0.1) is 0 Å². The summed E-state index contributed by atoms with van der Waals surface area (Å²) in [5, 5.41) is 0.758. The van der Waals surface area contributed by atoms with Crippen molar-refractivity contribution in [3.8, 4) is 0 Å². The Balaban J connectivity index is 1.97. The van der Waals surface area contributed by atoms with Crippen LogP contribution in [0.4, 0.5) is 0 Å². The molecule has 0 saturated heterocycles. The van der Waals surface area contributed by atoms with Gasteiger partial charge in [-0.15, -0.1) is 0 Å². The number of benzene rings is 1. The molecule has 15 heavy (non-hydrogen) atoms. The Morgan fingerprint density at radius 2 is 2.13 bits per heavy atom. The second-order valence-electron chi connectivity index (χ2n) is 3.29. The molecule has 1 aromatic carbocycles. The van der Waals surface area contributed by atoms with E-state index in [9.17, 15) is 0 Å². The van der Waals surface area contributed by atoms with E-state index in [0.717, 1.165) is 41.5 Å². The van der Waals surface area contributed by atoms with E-state index in [-0.39, 0.29) is 0 Å². The molecule has 1 aromatic heterocycles. The van der Waals surface area contributed by atoms with Gasteiger partial charge in [-0.05, 0) is 31.5 Å². The van der Waals surface area contributed by atoms with Crippen molar-refractivity contribution in [1.29, 1.82) is 0 Å². The monoisotopic (exact) mass is 222 g/mol. The Morgan fingerprint density at radius 1 is 1.27 bits per heavy atom. The largest absolute Gasteiger partial charge is 0.431 e. The number of nitrogens with two attached hydrogens (primary N) is 1. The molecule has 0 amide bonds. The van der Waals surface area contributed by atoms with Crippen molar-refractivity contribution in [3.05, 3.63) is 24.3 Å². The van der Waals surface area contributed by atoms with Crippen molar-refractivity contribution in [2.75, 3.05) is 12.3 Å². The van der Waals surface area contributed by atoms with E-state index in [1.165, 1.54) is 0 Å². The highest BCUT2D eigenvalue weighted by atomic mass is 32.2. The number of thioether (sulfide) groups is 1. The Bertz CT molecular complexity index is 394. The minimum Gasteiger partial charge on any atom is -0.431 e. The van der Waals surface area contributed by atoms with Crippen LogP contribution >= 0.6 is 11.8 Å². The van der Waals surface area contributed by atoms with Gasteiger partial charge in [0.15, 0.2) is 5.58 Å². The van der Waals surface area contributed by atoms with Crippen molar-refractivity contribution in [2.24, 2.45) is 5.73 Å². The Labute approximate surface area is 93.0 Å². The lowest BCUT2D eigenvalue weighted by atomic mass is 10.3. The first kappa shape index (κ1) is 10.5. The van der Waals surface area contributed by atoms with Crippen LogP contribution in [-0.4, -0.2) is 17.3 Å². The summed E-state index contributed by atoms with van der Waals surface area (Å²) in [5.41, 5.74) is 7.21. The molecule has 0 atom stereocenters. The van der Waals surface area contributed by atoms with Gasteiger partial charge < -0.3 is 10.2 Å². The molecule has 0 radical (unpaired) electrons. The maximum atomic E-state index is 5.57. The molecule has 0 unspecified atom stereocenters. The SMILES string of the molecule is NCCCCSc1nc2ccccc2o1. The highest BCUT2D eigenvalue weighted by Gasteiger charge is 2.04. The van der Waals surface area contributed by atoms with Gasteiger partial charge in [0.2, 0.25) is 0 Å². The van der Waals surface area contributed by atoms with Crippen LogP contribution in [0.15, 0.2) is 33.9 Å². The zero-order valence-electron chi connectivity index (χ0n) is 8.48. The number of hydrogen-bond donors (Lipinski definition) is 1. The second-order valence-corrected chi connectivity index (χ2v) is 4.34. The first-order valence-corrected chi connectivity index (χ1v) is 6.07. The van der Waals surface area contributed by atoms with Gasteiger partial charge in [-0.3, -0.25) is 0 Å². The Kier molecular flexibility index (Phi) is 3.64. The summed E-state index contributed by atoms with van der Waals surface area (Å²) < 4.78 is 5.57. The number of oxazole rings is 1. The molecule has 4 heteroatoms. The number of para-hydroxylation sites is 2. The minimum atomic E-state index is 0.758. The fourth-order valence-electron chi connectivity index (χ4n) is 1.32. The van der Waals surface area contributed by atoms with E-state index in [0.29, 0.717) is 0 Å². The third-order valence-corrected chi connectivity index (χ3v) is 3.01. The van der Waals surface area contributed by atoms with Gasteiger partial charge in [-0.1, -0.05) is 23.9 Å². The van der Waals surface area contributed by atoms with Crippen LogP contribution in [0.2, 0.25) is 0 Å². The van der Waals surface area contributed by atoms with Gasteiger partial charge in [0, 0.05) is 5.75 Å². The summed E-state index contributed by atoms with van der Waals surface area (Å²) in [4.78, 5) is 4.38. The van der Waals surface area contributed by atoms with Gasteiger partial charge in [0.25, 0.3) is 5.22 Å². The quantitative estimate of drug-likeness (QED) is 0.624. The predicted octanol–water partition coefficient (Wildman–Crippen LogP) is 2.66. The standard InChI is InChI=1S/C11H14N2OS/c12-7-3-4-8-15-11-13-9-5-1-2-6-10(9)14-11/h1-2,5-6H,3-4,7-8,12H2. The number of fused-ring (bicyclic) bond motifs is 1. The van der Waals surface area contributed by atoms with Crippen LogP contribution in [0.3, 0.4) is 0 Å². The highest BCUT2D eigenvalue weighted by molar-refractivity contribution is 7.99. The molecule has 2 rings (SSSR count). The van der Waals surface area contributed by atoms with Crippen molar-refractivity contribution < 1.29 is 4.42 Å². The van der Waals surface area contributed by atoms with Crippen LogP contribution in [0.1, 0.15) is 12.8 Å². The summed E-state index contributed by atoms with van der Waals surface area (Å²) in [6.45, 7) is 0.758. The summed E-state index contributed by atoms with van der Waals surface area (Å²) in [6, 6.07) is 7.82. The highest BCUT2D eigenvalue weighted by Crippen LogP contribution is 2.23. The zero-order chi connectivity index (χ0) is 10.5. The van der Waals surface area contributed by atoms with Gasteiger partial charge >= 0.3 is 0 Å². The van der Waals surface area contributed by atoms with E-state index < -0.39 is 0 Å². The third kappa shape index (κ3) is 2.73.